The number of aromatic amines is 1. The maximum Gasteiger partial charge on any atom is 0.126 e. The fraction of sp³-hybridized carbons (Fsp3) is 0.700. The van der Waals surface area contributed by atoms with E-state index in [0.717, 1.165) is 18.7 Å². The van der Waals surface area contributed by atoms with Crippen LogP contribution in [-0.4, -0.2) is 9.97 Å². The second-order valence-electron chi connectivity index (χ2n) is 3.98. The molecule has 1 aromatic rings. The van der Waals surface area contributed by atoms with Crippen LogP contribution in [0, 0.1) is 5.92 Å². The third kappa shape index (κ3) is 1.27. The van der Waals surface area contributed by atoms with Crippen LogP contribution in [0.5, 0.6) is 0 Å². The second kappa shape index (κ2) is 3.14. The average Bonchev–Trinajstić information content (AvgIpc) is 2.72. The number of nitrogens with one attached hydrogen (secondary N) is 1. The normalized spacial score (nSPS) is 33.8. The van der Waals surface area contributed by atoms with Gasteiger partial charge in [-0.25, -0.2) is 4.98 Å². The highest BCUT2D eigenvalue weighted by molar-refractivity contribution is 5.10. The first-order valence-electron chi connectivity index (χ1n) is 5.06. The van der Waals surface area contributed by atoms with Gasteiger partial charge in [0.25, 0.3) is 0 Å². The predicted octanol–water partition coefficient (Wildman–Crippen LogP) is 1.77. The first kappa shape index (κ1) is 8.75. The minimum Gasteiger partial charge on any atom is -0.347 e. The predicted molar refractivity (Wildman–Crippen MR) is 52.1 cm³/mol. The van der Waals surface area contributed by atoms with Crippen LogP contribution in [0.25, 0.3) is 0 Å². The van der Waals surface area contributed by atoms with E-state index in [1.165, 1.54) is 12.8 Å². The van der Waals surface area contributed by atoms with Crippen molar-refractivity contribution in [1.29, 1.82) is 0 Å². The standard InChI is InChI=1S/C10H17N3/c1-2-8-4-3-5-10(8,11)9-12-6-7-13-9/h6-8H,2-5,11H2,1H3,(H,12,13)/t8-,10-/m0/s1. The molecule has 0 unspecified atom stereocenters. The van der Waals surface area contributed by atoms with Gasteiger partial charge in [-0.2, -0.15) is 0 Å². The Morgan fingerprint density at radius 1 is 1.77 bits per heavy atom. The highest BCUT2D eigenvalue weighted by Crippen LogP contribution is 2.41. The molecule has 0 saturated heterocycles. The number of aromatic nitrogens is 2. The van der Waals surface area contributed by atoms with Crippen molar-refractivity contribution >= 4 is 0 Å². The van der Waals surface area contributed by atoms with Crippen molar-refractivity contribution in [2.75, 3.05) is 0 Å². The molecule has 13 heavy (non-hydrogen) atoms. The van der Waals surface area contributed by atoms with Gasteiger partial charge in [-0.1, -0.05) is 19.8 Å². The summed E-state index contributed by atoms with van der Waals surface area (Å²) in [6.07, 6.45) is 8.34. The summed E-state index contributed by atoms with van der Waals surface area (Å²) in [5.41, 5.74) is 6.20. The maximum absolute atomic E-state index is 6.39. The smallest absolute Gasteiger partial charge is 0.126 e. The van der Waals surface area contributed by atoms with E-state index in [4.69, 9.17) is 5.73 Å². The van der Waals surface area contributed by atoms with E-state index in [0.29, 0.717) is 5.92 Å². The van der Waals surface area contributed by atoms with E-state index < -0.39 is 0 Å². The molecule has 1 saturated carbocycles. The van der Waals surface area contributed by atoms with Crippen molar-refractivity contribution < 1.29 is 0 Å². The summed E-state index contributed by atoms with van der Waals surface area (Å²) < 4.78 is 0. The third-order valence-corrected chi connectivity index (χ3v) is 3.30. The molecule has 3 N–H and O–H groups in total. The number of rotatable bonds is 2. The number of hydrogen-bond donors (Lipinski definition) is 2. The molecule has 0 amide bonds. The summed E-state index contributed by atoms with van der Waals surface area (Å²) in [6.45, 7) is 2.21. The van der Waals surface area contributed by atoms with Crippen molar-refractivity contribution in [3.63, 3.8) is 0 Å². The molecule has 3 nitrogen and oxygen atoms in total. The van der Waals surface area contributed by atoms with Crippen LogP contribution in [0.3, 0.4) is 0 Å². The van der Waals surface area contributed by atoms with Gasteiger partial charge in [-0.3, -0.25) is 0 Å². The second-order valence-corrected chi connectivity index (χ2v) is 3.98. The van der Waals surface area contributed by atoms with Crippen LogP contribution in [0.4, 0.5) is 0 Å². The van der Waals surface area contributed by atoms with Crippen LogP contribution in [-0.2, 0) is 5.54 Å². The van der Waals surface area contributed by atoms with Gasteiger partial charge < -0.3 is 10.7 Å². The number of nitrogens with zero attached hydrogens (tertiary/aromatic N) is 1. The molecule has 0 aromatic carbocycles. The van der Waals surface area contributed by atoms with Crippen LogP contribution >= 0.6 is 0 Å². The summed E-state index contributed by atoms with van der Waals surface area (Å²) in [6, 6.07) is 0. The van der Waals surface area contributed by atoms with Gasteiger partial charge in [0.15, 0.2) is 0 Å². The first-order chi connectivity index (χ1) is 6.27. The molecule has 1 aliphatic carbocycles. The van der Waals surface area contributed by atoms with Gasteiger partial charge in [0.1, 0.15) is 5.82 Å². The maximum atomic E-state index is 6.39. The Balaban J connectivity index is 2.29. The van der Waals surface area contributed by atoms with E-state index >= 15 is 0 Å². The van der Waals surface area contributed by atoms with Gasteiger partial charge in [0.05, 0.1) is 5.54 Å². The largest absolute Gasteiger partial charge is 0.347 e. The Labute approximate surface area is 78.7 Å². The molecular weight excluding hydrogens is 162 g/mol. The monoisotopic (exact) mass is 179 g/mol. The van der Waals surface area contributed by atoms with Crippen molar-refractivity contribution in [1.82, 2.24) is 9.97 Å². The SMILES string of the molecule is CC[C@H]1CCC[C@@]1(N)c1ncc[nH]1. The summed E-state index contributed by atoms with van der Waals surface area (Å²) in [5, 5.41) is 0. The van der Waals surface area contributed by atoms with Gasteiger partial charge in [-0.05, 0) is 18.8 Å². The first-order valence-corrected chi connectivity index (χ1v) is 5.06. The lowest BCUT2D eigenvalue weighted by Gasteiger charge is -2.28. The van der Waals surface area contributed by atoms with Crippen LogP contribution < -0.4 is 5.73 Å². The number of H-pyrrole nitrogens is 1. The molecule has 0 spiro atoms. The molecule has 72 valence electrons. The van der Waals surface area contributed by atoms with Crippen molar-refractivity contribution in [3.8, 4) is 0 Å². The van der Waals surface area contributed by atoms with Gasteiger partial charge in [0, 0.05) is 12.4 Å². The zero-order valence-electron chi connectivity index (χ0n) is 8.09. The Bertz CT molecular complexity index is 268. The van der Waals surface area contributed by atoms with Gasteiger partial charge in [0.2, 0.25) is 0 Å². The van der Waals surface area contributed by atoms with Crippen LogP contribution in [0.1, 0.15) is 38.4 Å². The molecule has 2 atom stereocenters. The summed E-state index contributed by atoms with van der Waals surface area (Å²) >= 11 is 0. The molecular formula is C10H17N3. The summed E-state index contributed by atoms with van der Waals surface area (Å²) in [5.74, 6) is 1.57. The zero-order valence-corrected chi connectivity index (χ0v) is 8.09. The van der Waals surface area contributed by atoms with E-state index in [1.807, 2.05) is 6.20 Å². The summed E-state index contributed by atoms with van der Waals surface area (Å²) in [7, 11) is 0. The summed E-state index contributed by atoms with van der Waals surface area (Å²) in [4.78, 5) is 7.44. The van der Waals surface area contributed by atoms with Gasteiger partial charge >= 0.3 is 0 Å². The molecule has 0 radical (unpaired) electrons. The highest BCUT2D eigenvalue weighted by atomic mass is 15.0. The van der Waals surface area contributed by atoms with Gasteiger partial charge in [-0.15, -0.1) is 0 Å². The topological polar surface area (TPSA) is 54.7 Å². The number of hydrogen-bond acceptors (Lipinski definition) is 2. The van der Waals surface area contributed by atoms with E-state index in [9.17, 15) is 0 Å². The van der Waals surface area contributed by atoms with Crippen molar-refractivity contribution in [2.24, 2.45) is 11.7 Å². The molecule has 1 aromatic heterocycles. The Morgan fingerprint density at radius 3 is 3.23 bits per heavy atom. The van der Waals surface area contributed by atoms with E-state index in [2.05, 4.69) is 16.9 Å². The zero-order chi connectivity index (χ0) is 9.31. The molecule has 0 bridgehead atoms. The lowest BCUT2D eigenvalue weighted by molar-refractivity contribution is 0.300. The minimum absolute atomic E-state index is 0.182. The highest BCUT2D eigenvalue weighted by Gasteiger charge is 2.41. The minimum atomic E-state index is -0.182. The number of nitrogens with two attached hydrogens (primary N) is 1. The fourth-order valence-electron chi connectivity index (χ4n) is 2.50. The molecule has 1 fully saturated rings. The average molecular weight is 179 g/mol. The lowest BCUT2D eigenvalue weighted by Crippen LogP contribution is -2.41. The molecule has 2 rings (SSSR count). The van der Waals surface area contributed by atoms with Crippen molar-refractivity contribution in [2.45, 2.75) is 38.1 Å². The van der Waals surface area contributed by atoms with Crippen LogP contribution in [0.15, 0.2) is 12.4 Å². The quantitative estimate of drug-likeness (QED) is 0.727. The molecule has 1 heterocycles. The lowest BCUT2D eigenvalue weighted by atomic mass is 9.85. The van der Waals surface area contributed by atoms with E-state index in [1.54, 1.807) is 6.20 Å². The molecule has 1 aliphatic rings. The van der Waals surface area contributed by atoms with E-state index in [-0.39, 0.29) is 5.54 Å². The number of imidazole rings is 1. The third-order valence-electron chi connectivity index (χ3n) is 3.30. The molecule has 3 heteroatoms. The Hall–Kier alpha value is -0.830. The van der Waals surface area contributed by atoms with Crippen LogP contribution in [0.2, 0.25) is 0 Å². The molecule has 0 aliphatic heterocycles. The Kier molecular flexibility index (Phi) is 2.12. The Morgan fingerprint density at radius 2 is 2.62 bits per heavy atom. The fourth-order valence-corrected chi connectivity index (χ4v) is 2.50. The van der Waals surface area contributed by atoms with Crippen molar-refractivity contribution in [3.05, 3.63) is 18.2 Å².